The summed E-state index contributed by atoms with van der Waals surface area (Å²) in [6.07, 6.45) is 0. The van der Waals surface area contributed by atoms with Crippen molar-refractivity contribution in [2.45, 2.75) is 19.9 Å². The Morgan fingerprint density at radius 3 is 2.46 bits per heavy atom. The van der Waals surface area contributed by atoms with Gasteiger partial charge < -0.3 is 5.73 Å². The largest absolute Gasteiger partial charge is 0.324 e. The first-order valence-corrected chi connectivity index (χ1v) is 5.40. The number of hydrogen-bond donors (Lipinski definition) is 1. The van der Waals surface area contributed by atoms with Crippen LogP contribution in [0, 0.1) is 5.92 Å². The first-order chi connectivity index (χ1) is 6.02. The van der Waals surface area contributed by atoms with E-state index in [0.29, 0.717) is 10.9 Å². The molecule has 0 aliphatic heterocycles. The second-order valence-electron chi connectivity index (χ2n) is 3.44. The molecule has 0 aliphatic carbocycles. The lowest BCUT2D eigenvalue weighted by Crippen LogP contribution is -2.16. The second-order valence-corrected chi connectivity index (χ2v) is 4.70. The molecule has 1 aromatic rings. The van der Waals surface area contributed by atoms with Crippen molar-refractivity contribution in [2.24, 2.45) is 11.7 Å². The number of halogens is 2. The van der Waals surface area contributed by atoms with E-state index < -0.39 is 0 Å². The van der Waals surface area contributed by atoms with Gasteiger partial charge in [0.2, 0.25) is 0 Å². The van der Waals surface area contributed by atoms with Gasteiger partial charge in [0.25, 0.3) is 0 Å². The summed E-state index contributed by atoms with van der Waals surface area (Å²) in [4.78, 5) is 0. The lowest BCUT2D eigenvalue weighted by molar-refractivity contribution is 0.514. The Morgan fingerprint density at radius 1 is 1.38 bits per heavy atom. The zero-order chi connectivity index (χ0) is 10.0. The molecule has 0 aliphatic rings. The van der Waals surface area contributed by atoms with Crippen molar-refractivity contribution in [3.8, 4) is 0 Å². The summed E-state index contributed by atoms with van der Waals surface area (Å²) in [6, 6.07) is 5.90. The zero-order valence-electron chi connectivity index (χ0n) is 7.72. The van der Waals surface area contributed by atoms with Gasteiger partial charge in [-0.05, 0) is 39.5 Å². The van der Waals surface area contributed by atoms with E-state index >= 15 is 0 Å². The topological polar surface area (TPSA) is 26.0 Å². The Balaban J connectivity index is 2.97. The third kappa shape index (κ3) is 2.70. The molecule has 0 radical (unpaired) electrons. The quantitative estimate of drug-likeness (QED) is 0.863. The minimum atomic E-state index is 0.0607. The summed E-state index contributed by atoms with van der Waals surface area (Å²) >= 11 is 9.30. The predicted molar refractivity (Wildman–Crippen MR) is 60.9 cm³/mol. The molecule has 72 valence electrons. The molecule has 0 spiro atoms. The molecule has 1 atom stereocenters. The van der Waals surface area contributed by atoms with Gasteiger partial charge in [0, 0.05) is 10.5 Å². The Hall–Kier alpha value is -0.0500. The van der Waals surface area contributed by atoms with Crippen LogP contribution in [-0.4, -0.2) is 0 Å². The molecular formula is C10H13BrClN. The second kappa shape index (κ2) is 4.45. The van der Waals surface area contributed by atoms with Gasteiger partial charge in [-0.3, -0.25) is 0 Å². The van der Waals surface area contributed by atoms with Crippen molar-refractivity contribution < 1.29 is 0 Å². The van der Waals surface area contributed by atoms with Crippen LogP contribution in [0.4, 0.5) is 0 Å². The van der Waals surface area contributed by atoms with Gasteiger partial charge in [-0.15, -0.1) is 0 Å². The predicted octanol–water partition coefficient (Wildman–Crippen LogP) is 3.76. The van der Waals surface area contributed by atoms with Crippen LogP contribution in [0.2, 0.25) is 5.02 Å². The molecule has 0 amide bonds. The SMILES string of the molecule is CC(C)[C@H](N)c1ccc(Br)c(Cl)c1. The highest BCUT2D eigenvalue weighted by Crippen LogP contribution is 2.27. The molecule has 0 bridgehead atoms. The molecule has 0 aromatic heterocycles. The Bertz CT molecular complexity index is 299. The standard InChI is InChI=1S/C10H13BrClN/c1-6(2)10(13)7-3-4-8(11)9(12)5-7/h3-6,10H,13H2,1-2H3/t10-/m0/s1. The first-order valence-electron chi connectivity index (χ1n) is 4.23. The summed E-state index contributed by atoms with van der Waals surface area (Å²) < 4.78 is 0.911. The Morgan fingerprint density at radius 2 is 2.00 bits per heavy atom. The smallest absolute Gasteiger partial charge is 0.0551 e. The minimum absolute atomic E-state index is 0.0607. The third-order valence-electron chi connectivity index (χ3n) is 2.05. The van der Waals surface area contributed by atoms with Crippen molar-refractivity contribution in [3.05, 3.63) is 33.3 Å². The van der Waals surface area contributed by atoms with Crippen LogP contribution in [0.5, 0.6) is 0 Å². The molecular weight excluding hydrogens is 249 g/mol. The zero-order valence-corrected chi connectivity index (χ0v) is 10.1. The monoisotopic (exact) mass is 261 g/mol. The van der Waals surface area contributed by atoms with Gasteiger partial charge in [-0.1, -0.05) is 31.5 Å². The van der Waals surface area contributed by atoms with Crippen molar-refractivity contribution >= 4 is 27.5 Å². The maximum Gasteiger partial charge on any atom is 0.0551 e. The van der Waals surface area contributed by atoms with E-state index in [1.165, 1.54) is 0 Å². The number of hydrogen-bond acceptors (Lipinski definition) is 1. The van der Waals surface area contributed by atoms with E-state index in [2.05, 4.69) is 29.8 Å². The Kier molecular flexibility index (Phi) is 3.77. The van der Waals surface area contributed by atoms with Crippen molar-refractivity contribution in [2.75, 3.05) is 0 Å². The summed E-state index contributed by atoms with van der Waals surface area (Å²) in [5.41, 5.74) is 7.07. The van der Waals surface area contributed by atoms with Crippen LogP contribution < -0.4 is 5.73 Å². The molecule has 3 heteroatoms. The summed E-state index contributed by atoms with van der Waals surface area (Å²) in [5.74, 6) is 0.428. The third-order valence-corrected chi connectivity index (χ3v) is 3.28. The molecule has 0 saturated carbocycles. The molecule has 0 heterocycles. The van der Waals surface area contributed by atoms with Gasteiger partial charge >= 0.3 is 0 Å². The van der Waals surface area contributed by atoms with E-state index in [4.69, 9.17) is 17.3 Å². The average Bonchev–Trinajstić information content (AvgIpc) is 2.08. The molecule has 0 unspecified atom stereocenters. The van der Waals surface area contributed by atoms with E-state index in [0.717, 1.165) is 10.0 Å². The van der Waals surface area contributed by atoms with Gasteiger partial charge in [0.05, 0.1) is 5.02 Å². The van der Waals surface area contributed by atoms with Crippen LogP contribution in [0.25, 0.3) is 0 Å². The van der Waals surface area contributed by atoms with Crippen molar-refractivity contribution in [1.29, 1.82) is 0 Å². The molecule has 1 rings (SSSR count). The van der Waals surface area contributed by atoms with Gasteiger partial charge in [0.1, 0.15) is 0 Å². The molecule has 13 heavy (non-hydrogen) atoms. The fraction of sp³-hybridized carbons (Fsp3) is 0.400. The van der Waals surface area contributed by atoms with Crippen LogP contribution in [0.1, 0.15) is 25.5 Å². The molecule has 2 N–H and O–H groups in total. The van der Waals surface area contributed by atoms with Gasteiger partial charge in [-0.25, -0.2) is 0 Å². The number of rotatable bonds is 2. The summed E-state index contributed by atoms with van der Waals surface area (Å²) in [5, 5.41) is 0.716. The van der Waals surface area contributed by atoms with E-state index in [9.17, 15) is 0 Å². The Labute approximate surface area is 92.4 Å². The number of benzene rings is 1. The van der Waals surface area contributed by atoms with E-state index in [1.807, 2.05) is 18.2 Å². The maximum atomic E-state index is 5.98. The minimum Gasteiger partial charge on any atom is -0.324 e. The summed E-state index contributed by atoms with van der Waals surface area (Å²) in [7, 11) is 0. The van der Waals surface area contributed by atoms with Gasteiger partial charge in [-0.2, -0.15) is 0 Å². The maximum absolute atomic E-state index is 5.98. The fourth-order valence-electron chi connectivity index (χ4n) is 1.10. The fourth-order valence-corrected chi connectivity index (χ4v) is 1.54. The lowest BCUT2D eigenvalue weighted by atomic mass is 9.97. The van der Waals surface area contributed by atoms with Crippen molar-refractivity contribution in [1.82, 2.24) is 0 Å². The summed E-state index contributed by atoms with van der Waals surface area (Å²) in [6.45, 7) is 4.20. The molecule has 0 fully saturated rings. The van der Waals surface area contributed by atoms with Crippen LogP contribution >= 0.6 is 27.5 Å². The normalized spacial score (nSPS) is 13.4. The van der Waals surface area contributed by atoms with Crippen molar-refractivity contribution in [3.63, 3.8) is 0 Å². The highest BCUT2D eigenvalue weighted by atomic mass is 79.9. The van der Waals surface area contributed by atoms with E-state index in [-0.39, 0.29) is 6.04 Å². The van der Waals surface area contributed by atoms with Crippen LogP contribution in [0.3, 0.4) is 0 Å². The van der Waals surface area contributed by atoms with Crippen LogP contribution in [-0.2, 0) is 0 Å². The van der Waals surface area contributed by atoms with E-state index in [1.54, 1.807) is 0 Å². The molecule has 1 nitrogen and oxygen atoms in total. The average molecular weight is 263 g/mol. The van der Waals surface area contributed by atoms with Gasteiger partial charge in [0.15, 0.2) is 0 Å². The highest BCUT2D eigenvalue weighted by Gasteiger charge is 2.11. The molecule has 1 aromatic carbocycles. The highest BCUT2D eigenvalue weighted by molar-refractivity contribution is 9.10. The van der Waals surface area contributed by atoms with Crippen LogP contribution in [0.15, 0.2) is 22.7 Å². The first kappa shape index (κ1) is 11.0. The lowest BCUT2D eigenvalue weighted by Gasteiger charge is -2.16. The molecule has 0 saturated heterocycles. The number of nitrogens with two attached hydrogens (primary N) is 1.